The van der Waals surface area contributed by atoms with E-state index in [0.717, 1.165) is 50.5 Å². The van der Waals surface area contributed by atoms with Crippen LogP contribution in [0.25, 0.3) is 0 Å². The molecule has 0 amide bonds. The minimum absolute atomic E-state index is 0.269. The zero-order valence-electron chi connectivity index (χ0n) is 12.4. The number of hydrogen-bond donors (Lipinski definition) is 1. The van der Waals surface area contributed by atoms with Crippen molar-refractivity contribution in [2.45, 2.75) is 26.3 Å². The number of hydrogen-bond acceptors (Lipinski definition) is 4. The highest BCUT2D eigenvalue weighted by Gasteiger charge is 2.25. The Bertz CT molecular complexity index is 428. The van der Waals surface area contributed by atoms with Crippen molar-refractivity contribution in [3.05, 3.63) is 23.6 Å². The number of nitrogens with one attached hydrogen (secondary N) is 1. The van der Waals surface area contributed by atoms with E-state index in [9.17, 15) is 4.39 Å². The molecule has 112 valence electrons. The molecule has 0 saturated carbocycles. The quantitative estimate of drug-likeness (QED) is 0.778. The van der Waals surface area contributed by atoms with Crippen molar-refractivity contribution in [3.63, 3.8) is 0 Å². The lowest BCUT2D eigenvalue weighted by atomic mass is 10.1. The summed E-state index contributed by atoms with van der Waals surface area (Å²) < 4.78 is 18.6. The van der Waals surface area contributed by atoms with E-state index >= 15 is 0 Å². The Morgan fingerprint density at radius 1 is 1.55 bits per heavy atom. The fraction of sp³-hybridized carbons (Fsp3) is 0.667. The lowest BCUT2D eigenvalue weighted by Gasteiger charge is -2.21. The van der Waals surface area contributed by atoms with Gasteiger partial charge in [-0.1, -0.05) is 6.92 Å². The normalized spacial score (nSPS) is 18.8. The summed E-state index contributed by atoms with van der Waals surface area (Å²) in [5.74, 6) is 1.19. The first-order valence-electron chi connectivity index (χ1n) is 7.33. The summed E-state index contributed by atoms with van der Waals surface area (Å²) in [5, 5.41) is 3.32. The van der Waals surface area contributed by atoms with Crippen LogP contribution in [0.15, 0.2) is 12.3 Å². The third kappa shape index (κ3) is 3.90. The van der Waals surface area contributed by atoms with Gasteiger partial charge in [-0.3, -0.25) is 0 Å². The van der Waals surface area contributed by atoms with E-state index in [4.69, 9.17) is 4.74 Å². The Hall–Kier alpha value is -1.20. The first kappa shape index (κ1) is 15.2. The maximum absolute atomic E-state index is 13.4. The third-order valence-corrected chi connectivity index (χ3v) is 3.64. The van der Waals surface area contributed by atoms with Gasteiger partial charge in [0, 0.05) is 38.2 Å². The fourth-order valence-electron chi connectivity index (χ4n) is 2.69. The van der Waals surface area contributed by atoms with Crippen molar-refractivity contribution in [2.75, 3.05) is 38.3 Å². The molecule has 0 aliphatic carbocycles. The van der Waals surface area contributed by atoms with Crippen molar-refractivity contribution in [1.82, 2.24) is 10.3 Å². The van der Waals surface area contributed by atoms with Gasteiger partial charge in [0.15, 0.2) is 0 Å². The molecule has 1 aromatic heterocycles. The van der Waals surface area contributed by atoms with E-state index < -0.39 is 0 Å². The number of halogens is 1. The summed E-state index contributed by atoms with van der Waals surface area (Å²) in [4.78, 5) is 6.55. The second-order valence-electron chi connectivity index (χ2n) is 5.37. The van der Waals surface area contributed by atoms with Crippen LogP contribution in [0.3, 0.4) is 0 Å². The van der Waals surface area contributed by atoms with Gasteiger partial charge in [0.25, 0.3) is 0 Å². The number of aromatic nitrogens is 1. The monoisotopic (exact) mass is 281 g/mol. The van der Waals surface area contributed by atoms with E-state index in [1.807, 2.05) is 0 Å². The average Bonchev–Trinajstić information content (AvgIpc) is 2.88. The molecule has 1 unspecified atom stereocenters. The predicted octanol–water partition coefficient (Wildman–Crippen LogP) is 2.19. The molecule has 1 aliphatic heterocycles. The number of ether oxygens (including phenoxy) is 1. The first-order chi connectivity index (χ1) is 9.74. The maximum atomic E-state index is 13.4. The molecule has 0 aromatic carbocycles. The number of nitrogens with zero attached hydrogens (tertiary/aromatic N) is 2. The Morgan fingerprint density at radius 3 is 3.15 bits per heavy atom. The molecular formula is C15H24FN3O. The fourth-order valence-corrected chi connectivity index (χ4v) is 2.69. The summed E-state index contributed by atoms with van der Waals surface area (Å²) in [7, 11) is 1.74. The Morgan fingerprint density at radius 2 is 2.40 bits per heavy atom. The maximum Gasteiger partial charge on any atom is 0.141 e. The summed E-state index contributed by atoms with van der Waals surface area (Å²) in [6.45, 7) is 6.40. The minimum atomic E-state index is -0.269. The molecule has 1 aromatic rings. The molecule has 1 aliphatic rings. The number of rotatable bonds is 7. The van der Waals surface area contributed by atoms with Crippen molar-refractivity contribution in [3.8, 4) is 0 Å². The van der Waals surface area contributed by atoms with Crippen molar-refractivity contribution < 1.29 is 9.13 Å². The molecule has 2 rings (SSSR count). The standard InChI is InChI=1S/C15H24FN3O/c1-3-5-17-8-13-7-14(16)9-18-15(13)19-6-4-12(10-19)11-20-2/h7,9,12,17H,3-6,8,10-11H2,1-2H3. The Balaban J connectivity index is 2.06. The second kappa shape index (κ2) is 7.55. The van der Waals surface area contributed by atoms with Gasteiger partial charge in [-0.25, -0.2) is 9.37 Å². The van der Waals surface area contributed by atoms with Crippen LogP contribution < -0.4 is 10.2 Å². The molecule has 2 heterocycles. The van der Waals surface area contributed by atoms with Gasteiger partial charge in [0.2, 0.25) is 0 Å². The van der Waals surface area contributed by atoms with Gasteiger partial charge in [0.1, 0.15) is 11.6 Å². The molecular weight excluding hydrogens is 257 g/mol. The summed E-state index contributed by atoms with van der Waals surface area (Å²) in [6.07, 6.45) is 3.48. The first-order valence-corrected chi connectivity index (χ1v) is 7.33. The summed E-state index contributed by atoms with van der Waals surface area (Å²) in [5.41, 5.74) is 0.941. The molecule has 0 radical (unpaired) electrons. The van der Waals surface area contributed by atoms with Crippen LogP contribution >= 0.6 is 0 Å². The van der Waals surface area contributed by atoms with E-state index in [-0.39, 0.29) is 5.82 Å². The van der Waals surface area contributed by atoms with Crippen LogP contribution in [0.2, 0.25) is 0 Å². The van der Waals surface area contributed by atoms with Gasteiger partial charge in [-0.2, -0.15) is 0 Å². The van der Waals surface area contributed by atoms with E-state index in [1.165, 1.54) is 6.20 Å². The van der Waals surface area contributed by atoms with Crippen LogP contribution in [0, 0.1) is 11.7 Å². The van der Waals surface area contributed by atoms with E-state index in [2.05, 4.69) is 22.1 Å². The smallest absolute Gasteiger partial charge is 0.141 e. The largest absolute Gasteiger partial charge is 0.384 e. The summed E-state index contributed by atoms with van der Waals surface area (Å²) >= 11 is 0. The number of methoxy groups -OCH3 is 1. The van der Waals surface area contributed by atoms with Gasteiger partial charge >= 0.3 is 0 Å². The summed E-state index contributed by atoms with van der Waals surface area (Å²) in [6, 6.07) is 1.59. The highest BCUT2D eigenvalue weighted by molar-refractivity contribution is 5.47. The topological polar surface area (TPSA) is 37.4 Å². The molecule has 20 heavy (non-hydrogen) atoms. The van der Waals surface area contributed by atoms with Gasteiger partial charge < -0.3 is 15.0 Å². The van der Waals surface area contributed by atoms with E-state index in [0.29, 0.717) is 12.5 Å². The molecule has 1 atom stereocenters. The van der Waals surface area contributed by atoms with Crippen LogP contribution in [-0.4, -0.2) is 38.3 Å². The molecule has 1 saturated heterocycles. The van der Waals surface area contributed by atoms with Crippen LogP contribution in [-0.2, 0) is 11.3 Å². The van der Waals surface area contributed by atoms with Crippen LogP contribution in [0.4, 0.5) is 10.2 Å². The van der Waals surface area contributed by atoms with Crippen LogP contribution in [0.1, 0.15) is 25.3 Å². The van der Waals surface area contributed by atoms with Crippen LogP contribution in [0.5, 0.6) is 0 Å². The predicted molar refractivity (Wildman–Crippen MR) is 78.4 cm³/mol. The minimum Gasteiger partial charge on any atom is -0.384 e. The van der Waals surface area contributed by atoms with Gasteiger partial charge in [-0.05, 0) is 25.5 Å². The molecule has 5 heteroatoms. The molecule has 1 fully saturated rings. The van der Waals surface area contributed by atoms with Crippen molar-refractivity contribution >= 4 is 5.82 Å². The highest BCUT2D eigenvalue weighted by Crippen LogP contribution is 2.25. The third-order valence-electron chi connectivity index (χ3n) is 3.64. The van der Waals surface area contributed by atoms with Gasteiger partial charge in [0.05, 0.1) is 12.8 Å². The molecule has 0 spiro atoms. The molecule has 1 N–H and O–H groups in total. The lowest BCUT2D eigenvalue weighted by molar-refractivity contribution is 0.161. The Labute approximate surface area is 120 Å². The van der Waals surface area contributed by atoms with Crippen molar-refractivity contribution in [1.29, 1.82) is 0 Å². The lowest BCUT2D eigenvalue weighted by Crippen LogP contribution is -2.25. The molecule has 4 nitrogen and oxygen atoms in total. The van der Waals surface area contributed by atoms with E-state index in [1.54, 1.807) is 13.2 Å². The zero-order valence-corrected chi connectivity index (χ0v) is 12.4. The number of anilines is 1. The molecule has 0 bridgehead atoms. The van der Waals surface area contributed by atoms with Crippen molar-refractivity contribution in [2.24, 2.45) is 5.92 Å². The second-order valence-corrected chi connectivity index (χ2v) is 5.37. The van der Waals surface area contributed by atoms with Gasteiger partial charge in [-0.15, -0.1) is 0 Å². The highest BCUT2D eigenvalue weighted by atomic mass is 19.1. The zero-order chi connectivity index (χ0) is 14.4. The SMILES string of the molecule is CCCNCc1cc(F)cnc1N1CCC(COC)C1. The average molecular weight is 281 g/mol. The number of pyridine rings is 1. The Kier molecular flexibility index (Phi) is 5.73.